The van der Waals surface area contributed by atoms with E-state index in [9.17, 15) is 4.79 Å². The molecule has 1 saturated carbocycles. The van der Waals surface area contributed by atoms with Crippen LogP contribution in [0, 0.1) is 0 Å². The Morgan fingerprint density at radius 3 is 2.78 bits per heavy atom. The highest BCUT2D eigenvalue weighted by atomic mass is 32.1. The van der Waals surface area contributed by atoms with Crippen molar-refractivity contribution < 1.29 is 14.3 Å². The quantitative estimate of drug-likeness (QED) is 0.673. The molecular formula is C16H15N3O3S. The summed E-state index contributed by atoms with van der Waals surface area (Å²) in [4.78, 5) is 17.0. The lowest BCUT2D eigenvalue weighted by Crippen LogP contribution is -1.97. The van der Waals surface area contributed by atoms with Gasteiger partial charge in [-0.3, -0.25) is 4.79 Å². The molecule has 23 heavy (non-hydrogen) atoms. The number of carbonyl (C=O) groups excluding carboxylic acids is 1. The Bertz CT molecular complexity index is 895. The van der Waals surface area contributed by atoms with Crippen molar-refractivity contribution in [3.63, 3.8) is 0 Å². The van der Waals surface area contributed by atoms with Crippen molar-refractivity contribution in [3.8, 4) is 22.8 Å². The van der Waals surface area contributed by atoms with Gasteiger partial charge in [0.2, 0.25) is 4.96 Å². The standard InChI is InChI=1S/C16H15N3O3S/c1-21-10-5-6-13(22-2)11(7-10)14-12(8-20)19-16(17-14)23-15(18-19)9-3-4-9/h5-9H,3-4H2,1-2H3. The van der Waals surface area contributed by atoms with E-state index in [4.69, 9.17) is 9.47 Å². The minimum atomic E-state index is 0.440. The number of carbonyl (C=O) groups is 1. The number of rotatable bonds is 5. The largest absolute Gasteiger partial charge is 0.497 e. The summed E-state index contributed by atoms with van der Waals surface area (Å²) >= 11 is 1.55. The lowest BCUT2D eigenvalue weighted by atomic mass is 10.1. The van der Waals surface area contributed by atoms with E-state index in [1.54, 1.807) is 36.1 Å². The van der Waals surface area contributed by atoms with E-state index in [1.165, 1.54) is 12.8 Å². The molecule has 0 radical (unpaired) electrons. The van der Waals surface area contributed by atoms with Gasteiger partial charge in [0.05, 0.1) is 14.2 Å². The Balaban J connectivity index is 1.91. The van der Waals surface area contributed by atoms with Gasteiger partial charge in [-0.1, -0.05) is 11.3 Å². The van der Waals surface area contributed by atoms with Gasteiger partial charge >= 0.3 is 0 Å². The second-order valence-electron chi connectivity index (χ2n) is 5.44. The van der Waals surface area contributed by atoms with Crippen LogP contribution in [0.25, 0.3) is 16.2 Å². The lowest BCUT2D eigenvalue weighted by Gasteiger charge is -2.09. The number of aromatic nitrogens is 3. The highest BCUT2D eigenvalue weighted by Gasteiger charge is 2.29. The first kappa shape index (κ1) is 14.2. The first-order valence-corrected chi connectivity index (χ1v) is 8.14. The Kier molecular flexibility index (Phi) is 3.30. The van der Waals surface area contributed by atoms with E-state index in [1.807, 2.05) is 12.1 Å². The molecule has 118 valence electrons. The summed E-state index contributed by atoms with van der Waals surface area (Å²) < 4.78 is 12.3. The molecule has 1 aliphatic carbocycles. The third-order valence-electron chi connectivity index (χ3n) is 3.95. The molecule has 1 fully saturated rings. The van der Waals surface area contributed by atoms with Gasteiger partial charge in [-0.2, -0.15) is 9.61 Å². The van der Waals surface area contributed by atoms with Crippen LogP contribution in [0.15, 0.2) is 18.2 Å². The van der Waals surface area contributed by atoms with Gasteiger partial charge in [0.15, 0.2) is 6.29 Å². The zero-order valence-electron chi connectivity index (χ0n) is 12.8. The van der Waals surface area contributed by atoms with Crippen LogP contribution in [0.2, 0.25) is 0 Å². The molecular weight excluding hydrogens is 314 g/mol. The number of ether oxygens (including phenoxy) is 2. The molecule has 2 heterocycles. The molecule has 0 saturated heterocycles. The van der Waals surface area contributed by atoms with Gasteiger partial charge in [0.1, 0.15) is 27.9 Å². The van der Waals surface area contributed by atoms with Gasteiger partial charge < -0.3 is 9.47 Å². The predicted octanol–water partition coefficient (Wildman–Crippen LogP) is 3.16. The van der Waals surface area contributed by atoms with Gasteiger partial charge in [-0.25, -0.2) is 4.98 Å². The van der Waals surface area contributed by atoms with Gasteiger partial charge in [-0.05, 0) is 31.0 Å². The van der Waals surface area contributed by atoms with Crippen molar-refractivity contribution in [1.29, 1.82) is 0 Å². The van der Waals surface area contributed by atoms with Crippen LogP contribution < -0.4 is 9.47 Å². The fourth-order valence-corrected chi connectivity index (χ4v) is 3.65. The highest BCUT2D eigenvalue weighted by Crippen LogP contribution is 2.43. The highest BCUT2D eigenvalue weighted by molar-refractivity contribution is 7.16. The first-order valence-electron chi connectivity index (χ1n) is 7.32. The maximum Gasteiger partial charge on any atom is 0.213 e. The predicted molar refractivity (Wildman–Crippen MR) is 86.8 cm³/mol. The van der Waals surface area contributed by atoms with Crippen LogP contribution in [0.5, 0.6) is 11.5 Å². The summed E-state index contributed by atoms with van der Waals surface area (Å²) in [7, 11) is 3.19. The fraction of sp³-hybridized carbons (Fsp3) is 0.312. The van der Waals surface area contributed by atoms with Crippen molar-refractivity contribution in [2.75, 3.05) is 14.2 Å². The SMILES string of the molecule is COc1ccc(OC)c(-c2nc3sc(C4CC4)nn3c2C=O)c1. The van der Waals surface area contributed by atoms with E-state index in [-0.39, 0.29) is 0 Å². The lowest BCUT2D eigenvalue weighted by molar-refractivity contribution is 0.111. The summed E-state index contributed by atoms with van der Waals surface area (Å²) in [5, 5.41) is 5.61. The van der Waals surface area contributed by atoms with Crippen molar-refractivity contribution >= 4 is 22.6 Å². The summed E-state index contributed by atoms with van der Waals surface area (Å²) in [5.74, 6) is 1.86. The summed E-state index contributed by atoms with van der Waals surface area (Å²) in [6, 6.07) is 5.43. The van der Waals surface area contributed by atoms with Crippen LogP contribution in [0.1, 0.15) is 34.3 Å². The average molecular weight is 329 g/mol. The molecule has 0 bridgehead atoms. The van der Waals surface area contributed by atoms with Gasteiger partial charge in [0, 0.05) is 11.5 Å². The maximum atomic E-state index is 11.7. The van der Waals surface area contributed by atoms with Crippen LogP contribution in [0.4, 0.5) is 0 Å². The zero-order valence-corrected chi connectivity index (χ0v) is 13.6. The molecule has 0 amide bonds. The number of aldehydes is 1. The molecule has 0 N–H and O–H groups in total. The Morgan fingerprint density at radius 2 is 2.13 bits per heavy atom. The molecule has 3 aromatic rings. The zero-order chi connectivity index (χ0) is 16.0. The topological polar surface area (TPSA) is 65.7 Å². The normalized spacial score (nSPS) is 14.2. The molecule has 4 rings (SSSR count). The number of fused-ring (bicyclic) bond motifs is 1. The Morgan fingerprint density at radius 1 is 1.30 bits per heavy atom. The number of imidazole rings is 1. The Labute approximate surface area is 136 Å². The van der Waals surface area contributed by atoms with E-state index in [0.29, 0.717) is 28.8 Å². The average Bonchev–Trinajstić information content (AvgIpc) is 3.26. The summed E-state index contributed by atoms with van der Waals surface area (Å²) in [6.07, 6.45) is 3.14. The first-order chi connectivity index (χ1) is 11.2. The second-order valence-corrected chi connectivity index (χ2v) is 6.43. The minimum absolute atomic E-state index is 0.440. The molecule has 0 spiro atoms. The van der Waals surface area contributed by atoms with E-state index < -0.39 is 0 Å². The maximum absolute atomic E-state index is 11.7. The summed E-state index contributed by atoms with van der Waals surface area (Å²) in [6.45, 7) is 0. The third-order valence-corrected chi connectivity index (χ3v) is 5.02. The van der Waals surface area contributed by atoms with Crippen molar-refractivity contribution in [1.82, 2.24) is 14.6 Å². The monoisotopic (exact) mass is 329 g/mol. The smallest absolute Gasteiger partial charge is 0.213 e. The van der Waals surface area contributed by atoms with E-state index >= 15 is 0 Å². The van der Waals surface area contributed by atoms with Crippen LogP contribution in [0.3, 0.4) is 0 Å². The molecule has 0 atom stereocenters. The minimum Gasteiger partial charge on any atom is -0.497 e. The van der Waals surface area contributed by atoms with Crippen molar-refractivity contribution in [2.24, 2.45) is 0 Å². The number of nitrogens with zero attached hydrogens (tertiary/aromatic N) is 3. The van der Waals surface area contributed by atoms with Crippen LogP contribution in [-0.2, 0) is 0 Å². The molecule has 1 aromatic carbocycles. The molecule has 1 aliphatic rings. The number of hydrogen-bond acceptors (Lipinski definition) is 6. The van der Waals surface area contributed by atoms with E-state index in [0.717, 1.165) is 21.8 Å². The third kappa shape index (κ3) is 2.28. The van der Waals surface area contributed by atoms with Crippen molar-refractivity contribution in [3.05, 3.63) is 28.9 Å². The number of methoxy groups -OCH3 is 2. The molecule has 6 nitrogen and oxygen atoms in total. The van der Waals surface area contributed by atoms with Crippen molar-refractivity contribution in [2.45, 2.75) is 18.8 Å². The van der Waals surface area contributed by atoms with Crippen LogP contribution in [-0.4, -0.2) is 35.1 Å². The molecule has 7 heteroatoms. The molecule has 0 unspecified atom stereocenters. The fourth-order valence-electron chi connectivity index (χ4n) is 2.58. The summed E-state index contributed by atoms with van der Waals surface area (Å²) in [5.41, 5.74) is 1.73. The molecule has 2 aromatic heterocycles. The van der Waals surface area contributed by atoms with Gasteiger partial charge in [-0.15, -0.1) is 0 Å². The molecule has 0 aliphatic heterocycles. The number of hydrogen-bond donors (Lipinski definition) is 0. The second kappa shape index (κ2) is 5.34. The van der Waals surface area contributed by atoms with Crippen LogP contribution >= 0.6 is 11.3 Å². The van der Waals surface area contributed by atoms with Gasteiger partial charge in [0.25, 0.3) is 0 Å². The number of benzene rings is 1. The Hall–Kier alpha value is -2.41. The van der Waals surface area contributed by atoms with E-state index in [2.05, 4.69) is 10.1 Å².